The molecule has 0 atom stereocenters. The smallest absolute Gasteiger partial charge is 0.243 e. The number of piperazine rings is 1. The summed E-state index contributed by atoms with van der Waals surface area (Å²) in [6.07, 6.45) is 0. The zero-order valence-electron chi connectivity index (χ0n) is 15.2. The lowest BCUT2D eigenvalue weighted by Crippen LogP contribution is -2.48. The third-order valence-corrected chi connectivity index (χ3v) is 6.90. The van der Waals surface area contributed by atoms with Crippen molar-refractivity contribution < 1.29 is 12.9 Å². The second-order valence-electron chi connectivity index (χ2n) is 6.69. The highest BCUT2D eigenvalue weighted by Gasteiger charge is 2.28. The van der Waals surface area contributed by atoms with Gasteiger partial charge in [-0.1, -0.05) is 53.2 Å². The van der Waals surface area contributed by atoms with Gasteiger partial charge in [-0.25, -0.2) is 8.42 Å². The van der Waals surface area contributed by atoms with Crippen molar-refractivity contribution in [2.75, 3.05) is 26.2 Å². The van der Waals surface area contributed by atoms with E-state index in [-0.39, 0.29) is 4.90 Å². The fourth-order valence-electron chi connectivity index (χ4n) is 3.26. The van der Waals surface area contributed by atoms with Crippen LogP contribution in [0.3, 0.4) is 0 Å². The number of hydrogen-bond donors (Lipinski definition) is 0. The van der Waals surface area contributed by atoms with Crippen LogP contribution in [0.2, 0.25) is 5.02 Å². The summed E-state index contributed by atoms with van der Waals surface area (Å²) < 4.78 is 32.5. The van der Waals surface area contributed by atoms with Crippen LogP contribution in [0.4, 0.5) is 0 Å². The Balaban J connectivity index is 1.38. The van der Waals surface area contributed by atoms with Crippen molar-refractivity contribution in [3.63, 3.8) is 0 Å². The number of hydrogen-bond acceptors (Lipinski definition) is 5. The molecule has 0 unspecified atom stereocenters. The van der Waals surface area contributed by atoms with Crippen molar-refractivity contribution in [3.8, 4) is 11.3 Å². The van der Waals surface area contributed by atoms with Crippen LogP contribution >= 0.6 is 11.6 Å². The Morgan fingerprint density at radius 2 is 1.71 bits per heavy atom. The first kappa shape index (κ1) is 19.1. The lowest BCUT2D eigenvalue weighted by Gasteiger charge is -2.33. The molecule has 146 valence electrons. The minimum atomic E-state index is -3.52. The van der Waals surface area contributed by atoms with Crippen molar-refractivity contribution >= 4 is 21.6 Å². The Morgan fingerprint density at radius 3 is 2.43 bits per heavy atom. The summed E-state index contributed by atoms with van der Waals surface area (Å²) in [6.45, 7) is 2.75. The summed E-state index contributed by atoms with van der Waals surface area (Å²) >= 11 is 5.94. The molecule has 0 saturated carbocycles. The van der Waals surface area contributed by atoms with Crippen molar-refractivity contribution in [2.45, 2.75) is 11.4 Å². The van der Waals surface area contributed by atoms with Crippen LogP contribution in [0.1, 0.15) is 5.69 Å². The molecule has 4 rings (SSSR count). The van der Waals surface area contributed by atoms with Gasteiger partial charge in [0.2, 0.25) is 10.0 Å². The first-order valence-electron chi connectivity index (χ1n) is 9.01. The monoisotopic (exact) mass is 417 g/mol. The Labute approximate surface area is 169 Å². The highest BCUT2D eigenvalue weighted by atomic mass is 35.5. The van der Waals surface area contributed by atoms with Crippen LogP contribution in [0, 0.1) is 0 Å². The molecule has 2 aromatic carbocycles. The predicted molar refractivity (Wildman–Crippen MR) is 107 cm³/mol. The summed E-state index contributed by atoms with van der Waals surface area (Å²) in [5, 5.41) is 4.57. The van der Waals surface area contributed by atoms with Gasteiger partial charge in [0, 0.05) is 49.4 Å². The van der Waals surface area contributed by atoms with Crippen LogP contribution in [0.25, 0.3) is 11.3 Å². The summed E-state index contributed by atoms with van der Waals surface area (Å²) in [4.78, 5) is 2.41. The molecule has 1 saturated heterocycles. The molecule has 1 aromatic heterocycles. The maximum Gasteiger partial charge on any atom is 0.243 e. The van der Waals surface area contributed by atoms with Crippen LogP contribution in [0.5, 0.6) is 0 Å². The van der Waals surface area contributed by atoms with E-state index in [1.165, 1.54) is 10.4 Å². The largest absolute Gasteiger partial charge is 0.356 e. The molecule has 0 N–H and O–H groups in total. The van der Waals surface area contributed by atoms with Crippen LogP contribution < -0.4 is 0 Å². The van der Waals surface area contributed by atoms with Crippen LogP contribution in [-0.4, -0.2) is 49.0 Å². The van der Waals surface area contributed by atoms with E-state index in [4.69, 9.17) is 16.1 Å². The fourth-order valence-corrected chi connectivity index (χ4v) is 4.98. The Kier molecular flexibility index (Phi) is 5.50. The predicted octanol–water partition coefficient (Wildman–Crippen LogP) is 3.50. The van der Waals surface area contributed by atoms with Gasteiger partial charge in [-0.3, -0.25) is 4.90 Å². The van der Waals surface area contributed by atoms with Gasteiger partial charge in [-0.15, -0.1) is 0 Å². The minimum Gasteiger partial charge on any atom is -0.356 e. The third-order valence-electron chi connectivity index (χ3n) is 4.77. The molecule has 28 heavy (non-hydrogen) atoms. The SMILES string of the molecule is O=S(=O)(c1cccc(Cl)c1)N1CCN(Cc2cc(-c3ccccc3)on2)CC1. The summed E-state index contributed by atoms with van der Waals surface area (Å²) in [5.74, 6) is 0.734. The van der Waals surface area contributed by atoms with Crippen LogP contribution in [0.15, 0.2) is 70.1 Å². The number of rotatable bonds is 5. The van der Waals surface area contributed by atoms with E-state index >= 15 is 0 Å². The Bertz CT molecular complexity index is 1050. The number of sulfonamides is 1. The molecule has 0 bridgehead atoms. The highest BCUT2D eigenvalue weighted by molar-refractivity contribution is 7.89. The van der Waals surface area contributed by atoms with Gasteiger partial charge in [0.1, 0.15) is 0 Å². The zero-order valence-corrected chi connectivity index (χ0v) is 16.7. The van der Waals surface area contributed by atoms with E-state index in [0.29, 0.717) is 37.7 Å². The molecule has 8 heteroatoms. The second-order valence-corrected chi connectivity index (χ2v) is 9.06. The lowest BCUT2D eigenvalue weighted by atomic mass is 10.1. The van der Waals surface area contributed by atoms with Gasteiger partial charge in [0.05, 0.1) is 10.6 Å². The highest BCUT2D eigenvalue weighted by Crippen LogP contribution is 2.23. The van der Waals surface area contributed by atoms with Crippen molar-refractivity contribution in [1.29, 1.82) is 0 Å². The van der Waals surface area contributed by atoms with E-state index in [1.54, 1.807) is 18.2 Å². The topological polar surface area (TPSA) is 66.7 Å². The van der Waals surface area contributed by atoms with Gasteiger partial charge in [-0.05, 0) is 18.2 Å². The average Bonchev–Trinajstić information content (AvgIpc) is 3.18. The average molecular weight is 418 g/mol. The van der Waals surface area contributed by atoms with E-state index in [9.17, 15) is 8.42 Å². The molecular formula is C20H20ClN3O3S. The molecule has 1 aliphatic rings. The first-order valence-corrected chi connectivity index (χ1v) is 10.8. The Morgan fingerprint density at radius 1 is 0.964 bits per heavy atom. The molecule has 0 radical (unpaired) electrons. The quantitative estimate of drug-likeness (QED) is 0.635. The normalized spacial score (nSPS) is 16.3. The van der Waals surface area contributed by atoms with E-state index < -0.39 is 10.0 Å². The van der Waals surface area contributed by atoms with Gasteiger partial charge < -0.3 is 4.52 Å². The van der Waals surface area contributed by atoms with Crippen molar-refractivity contribution in [1.82, 2.24) is 14.4 Å². The molecule has 1 aliphatic heterocycles. The van der Waals surface area contributed by atoms with Gasteiger partial charge in [0.25, 0.3) is 0 Å². The maximum atomic E-state index is 12.8. The first-order chi connectivity index (χ1) is 13.5. The molecular weight excluding hydrogens is 398 g/mol. The van der Waals surface area contributed by atoms with Crippen LogP contribution in [-0.2, 0) is 16.6 Å². The number of halogens is 1. The molecule has 0 amide bonds. The fraction of sp³-hybridized carbons (Fsp3) is 0.250. The minimum absolute atomic E-state index is 0.234. The summed E-state index contributed by atoms with van der Waals surface area (Å²) in [6, 6.07) is 18.1. The maximum absolute atomic E-state index is 12.8. The van der Waals surface area contributed by atoms with Gasteiger partial charge in [-0.2, -0.15) is 4.31 Å². The lowest BCUT2D eigenvalue weighted by molar-refractivity contribution is 0.178. The van der Waals surface area contributed by atoms with Crippen molar-refractivity contribution in [3.05, 3.63) is 71.4 Å². The van der Waals surface area contributed by atoms with Gasteiger partial charge >= 0.3 is 0 Å². The second kappa shape index (κ2) is 8.05. The van der Waals surface area contributed by atoms with E-state index in [1.807, 2.05) is 36.4 Å². The zero-order chi connectivity index (χ0) is 19.6. The van der Waals surface area contributed by atoms with Gasteiger partial charge in [0.15, 0.2) is 5.76 Å². The Hall–Kier alpha value is -2.19. The van der Waals surface area contributed by atoms with Crippen molar-refractivity contribution in [2.24, 2.45) is 0 Å². The standard InChI is InChI=1S/C20H20ClN3O3S/c21-17-7-4-8-19(13-17)28(25,26)24-11-9-23(10-12-24)15-18-14-20(27-22-18)16-5-2-1-3-6-16/h1-8,13-14H,9-12,15H2. The molecule has 6 nitrogen and oxygen atoms in total. The third kappa shape index (κ3) is 4.12. The summed E-state index contributed by atoms with van der Waals surface area (Å²) in [7, 11) is -3.52. The van der Waals surface area contributed by atoms with E-state index in [0.717, 1.165) is 17.0 Å². The number of aromatic nitrogens is 1. The summed E-state index contributed by atoms with van der Waals surface area (Å²) in [5.41, 5.74) is 1.82. The molecule has 3 aromatic rings. The molecule has 1 fully saturated rings. The molecule has 0 aliphatic carbocycles. The number of nitrogens with zero attached hydrogens (tertiary/aromatic N) is 3. The molecule has 0 spiro atoms. The number of benzene rings is 2. The van der Waals surface area contributed by atoms with E-state index in [2.05, 4.69) is 10.1 Å². The molecule has 2 heterocycles.